The van der Waals surface area contributed by atoms with Crippen molar-refractivity contribution >= 4 is 11.8 Å². The van der Waals surface area contributed by atoms with Gasteiger partial charge in [0.15, 0.2) is 0 Å². The van der Waals surface area contributed by atoms with Gasteiger partial charge in [0, 0.05) is 39.6 Å². The third kappa shape index (κ3) is 6.59. The summed E-state index contributed by atoms with van der Waals surface area (Å²) >= 11 is 0. The van der Waals surface area contributed by atoms with Gasteiger partial charge in [-0.3, -0.25) is 14.5 Å². The van der Waals surface area contributed by atoms with Gasteiger partial charge < -0.3 is 15.0 Å². The van der Waals surface area contributed by atoms with E-state index in [4.69, 9.17) is 4.74 Å². The summed E-state index contributed by atoms with van der Waals surface area (Å²) in [4.78, 5) is 28.7. The standard InChI is InChI=1S/C24H31N3O3/c1-19-8-10-21(11-9-19)23(25-20(2)28)18-24(29)27-14-12-26(13-15-27)16-17-30-22-6-4-3-5-7-22/h3-11,23H,12-18H2,1-2H3,(H,25,28). The van der Waals surface area contributed by atoms with E-state index in [0.717, 1.165) is 36.5 Å². The highest BCUT2D eigenvalue weighted by atomic mass is 16.5. The smallest absolute Gasteiger partial charge is 0.225 e. The van der Waals surface area contributed by atoms with Crippen molar-refractivity contribution < 1.29 is 14.3 Å². The minimum absolute atomic E-state index is 0.0783. The fourth-order valence-corrected chi connectivity index (χ4v) is 3.63. The van der Waals surface area contributed by atoms with Crippen molar-refractivity contribution in [2.45, 2.75) is 26.3 Å². The van der Waals surface area contributed by atoms with Crippen LogP contribution in [0.4, 0.5) is 0 Å². The number of carbonyl (C=O) groups is 2. The van der Waals surface area contributed by atoms with E-state index in [1.807, 2.05) is 66.4 Å². The van der Waals surface area contributed by atoms with Crippen LogP contribution < -0.4 is 10.1 Å². The zero-order valence-electron chi connectivity index (χ0n) is 17.8. The lowest BCUT2D eigenvalue weighted by atomic mass is 10.0. The molecule has 0 bridgehead atoms. The van der Waals surface area contributed by atoms with E-state index in [1.165, 1.54) is 6.92 Å². The van der Waals surface area contributed by atoms with Crippen LogP contribution in [0.2, 0.25) is 0 Å². The predicted molar refractivity (Wildman–Crippen MR) is 117 cm³/mol. The molecule has 1 heterocycles. The Hall–Kier alpha value is -2.86. The van der Waals surface area contributed by atoms with Gasteiger partial charge in [0.1, 0.15) is 12.4 Å². The van der Waals surface area contributed by atoms with Crippen molar-refractivity contribution in [3.8, 4) is 5.75 Å². The molecule has 0 saturated carbocycles. The van der Waals surface area contributed by atoms with Crippen molar-refractivity contribution in [1.29, 1.82) is 0 Å². The van der Waals surface area contributed by atoms with Gasteiger partial charge in [-0.25, -0.2) is 0 Å². The van der Waals surface area contributed by atoms with Gasteiger partial charge in [-0.15, -0.1) is 0 Å². The van der Waals surface area contributed by atoms with Crippen molar-refractivity contribution in [2.24, 2.45) is 0 Å². The molecule has 1 unspecified atom stereocenters. The number of nitrogens with one attached hydrogen (secondary N) is 1. The Morgan fingerprint density at radius 1 is 1.00 bits per heavy atom. The second-order valence-electron chi connectivity index (χ2n) is 7.75. The molecule has 30 heavy (non-hydrogen) atoms. The van der Waals surface area contributed by atoms with Gasteiger partial charge >= 0.3 is 0 Å². The second kappa shape index (κ2) is 10.8. The molecule has 2 aromatic carbocycles. The average molecular weight is 410 g/mol. The summed E-state index contributed by atoms with van der Waals surface area (Å²) in [7, 11) is 0. The Balaban J connectivity index is 1.46. The first-order chi connectivity index (χ1) is 14.5. The summed E-state index contributed by atoms with van der Waals surface area (Å²) in [6.07, 6.45) is 0.278. The van der Waals surface area contributed by atoms with E-state index in [1.54, 1.807) is 0 Å². The molecule has 160 valence electrons. The highest BCUT2D eigenvalue weighted by Crippen LogP contribution is 2.19. The molecule has 0 spiro atoms. The van der Waals surface area contributed by atoms with Crippen molar-refractivity contribution in [2.75, 3.05) is 39.3 Å². The van der Waals surface area contributed by atoms with Crippen LogP contribution in [0.25, 0.3) is 0 Å². The molecule has 2 aromatic rings. The number of carbonyl (C=O) groups excluding carboxylic acids is 2. The highest BCUT2D eigenvalue weighted by Gasteiger charge is 2.24. The van der Waals surface area contributed by atoms with Gasteiger partial charge in [0.25, 0.3) is 0 Å². The molecule has 2 amide bonds. The lowest BCUT2D eigenvalue weighted by Crippen LogP contribution is -2.50. The maximum atomic E-state index is 12.9. The predicted octanol–water partition coefficient (Wildman–Crippen LogP) is 2.79. The van der Waals surface area contributed by atoms with Crippen LogP contribution >= 0.6 is 0 Å². The molecule has 1 atom stereocenters. The fraction of sp³-hybridized carbons (Fsp3) is 0.417. The minimum Gasteiger partial charge on any atom is -0.492 e. The molecule has 0 aliphatic carbocycles. The van der Waals surface area contributed by atoms with Gasteiger partial charge in [-0.2, -0.15) is 0 Å². The van der Waals surface area contributed by atoms with Crippen LogP contribution in [0.3, 0.4) is 0 Å². The highest BCUT2D eigenvalue weighted by molar-refractivity contribution is 5.79. The molecule has 1 N–H and O–H groups in total. The average Bonchev–Trinajstić information content (AvgIpc) is 2.75. The van der Waals surface area contributed by atoms with Crippen molar-refractivity contribution in [3.05, 3.63) is 65.7 Å². The molecule has 0 radical (unpaired) electrons. The van der Waals surface area contributed by atoms with E-state index >= 15 is 0 Å². The normalized spacial score (nSPS) is 15.5. The Bertz CT molecular complexity index is 815. The molecule has 0 aromatic heterocycles. The zero-order valence-corrected chi connectivity index (χ0v) is 17.8. The summed E-state index contributed by atoms with van der Waals surface area (Å²) in [5.41, 5.74) is 2.11. The third-order valence-corrected chi connectivity index (χ3v) is 5.38. The number of piperazine rings is 1. The number of ether oxygens (including phenoxy) is 1. The summed E-state index contributed by atoms with van der Waals surface area (Å²) in [6, 6.07) is 17.5. The van der Waals surface area contributed by atoms with Crippen LogP contribution in [0.5, 0.6) is 5.75 Å². The second-order valence-corrected chi connectivity index (χ2v) is 7.75. The number of amides is 2. The van der Waals surface area contributed by atoms with Crippen LogP contribution in [0, 0.1) is 6.92 Å². The monoisotopic (exact) mass is 409 g/mol. The summed E-state index contributed by atoms with van der Waals surface area (Å²) in [6.45, 7) is 8.05. The quantitative estimate of drug-likeness (QED) is 0.728. The van der Waals surface area contributed by atoms with Crippen molar-refractivity contribution in [3.63, 3.8) is 0 Å². The Morgan fingerprint density at radius 2 is 1.67 bits per heavy atom. The molecule has 3 rings (SSSR count). The molecule has 1 aliphatic rings. The first kappa shape index (κ1) is 21.8. The van der Waals surface area contributed by atoms with Gasteiger partial charge in [-0.05, 0) is 24.6 Å². The van der Waals surface area contributed by atoms with Gasteiger partial charge in [0.05, 0.1) is 12.5 Å². The van der Waals surface area contributed by atoms with Crippen LogP contribution in [0.1, 0.15) is 30.5 Å². The maximum absolute atomic E-state index is 12.9. The maximum Gasteiger partial charge on any atom is 0.225 e. The Kier molecular flexibility index (Phi) is 7.85. The fourth-order valence-electron chi connectivity index (χ4n) is 3.63. The molecular weight excluding hydrogens is 378 g/mol. The lowest BCUT2D eigenvalue weighted by Gasteiger charge is -2.35. The Labute approximate surface area is 178 Å². The molecule has 6 nitrogen and oxygen atoms in total. The molecule has 1 aliphatic heterocycles. The minimum atomic E-state index is -0.298. The van der Waals surface area contributed by atoms with E-state index in [9.17, 15) is 9.59 Å². The molecule has 1 fully saturated rings. The summed E-state index contributed by atoms with van der Waals surface area (Å²) in [5, 5.41) is 2.92. The number of benzene rings is 2. The number of hydrogen-bond acceptors (Lipinski definition) is 4. The molecule has 1 saturated heterocycles. The topological polar surface area (TPSA) is 61.9 Å². The van der Waals surface area contributed by atoms with Gasteiger partial charge in [0.2, 0.25) is 11.8 Å². The van der Waals surface area contributed by atoms with E-state index < -0.39 is 0 Å². The summed E-state index contributed by atoms with van der Waals surface area (Å²) in [5.74, 6) is 0.831. The van der Waals surface area contributed by atoms with Crippen LogP contribution in [-0.2, 0) is 9.59 Å². The summed E-state index contributed by atoms with van der Waals surface area (Å²) < 4.78 is 5.77. The number of nitrogens with zero attached hydrogens (tertiary/aromatic N) is 2. The number of hydrogen-bond donors (Lipinski definition) is 1. The first-order valence-electron chi connectivity index (χ1n) is 10.5. The van der Waals surface area contributed by atoms with E-state index in [-0.39, 0.29) is 24.3 Å². The van der Waals surface area contributed by atoms with E-state index in [0.29, 0.717) is 19.7 Å². The SMILES string of the molecule is CC(=O)NC(CC(=O)N1CCN(CCOc2ccccc2)CC1)c1ccc(C)cc1. The van der Waals surface area contributed by atoms with Crippen molar-refractivity contribution in [1.82, 2.24) is 15.1 Å². The van der Waals surface area contributed by atoms with E-state index in [2.05, 4.69) is 10.2 Å². The van der Waals surface area contributed by atoms with Crippen LogP contribution in [0.15, 0.2) is 54.6 Å². The lowest BCUT2D eigenvalue weighted by molar-refractivity contribution is -0.133. The first-order valence-corrected chi connectivity index (χ1v) is 10.5. The third-order valence-electron chi connectivity index (χ3n) is 5.38. The number of aryl methyl sites for hydroxylation is 1. The molecule has 6 heteroatoms. The van der Waals surface area contributed by atoms with Gasteiger partial charge in [-0.1, -0.05) is 48.0 Å². The largest absolute Gasteiger partial charge is 0.492 e. The Morgan fingerprint density at radius 3 is 2.30 bits per heavy atom. The molecular formula is C24H31N3O3. The van der Waals surface area contributed by atoms with Crippen LogP contribution in [-0.4, -0.2) is 60.9 Å². The number of rotatable bonds is 8. The zero-order chi connectivity index (χ0) is 21.3. The number of para-hydroxylation sites is 1.